The fraction of sp³-hybridized carbons (Fsp3) is 0.875. The minimum atomic E-state index is -0.301. The Kier molecular flexibility index (Phi) is 2.77. The van der Waals surface area contributed by atoms with E-state index in [4.69, 9.17) is 11.6 Å². The fourth-order valence-corrected chi connectivity index (χ4v) is 2.10. The molecule has 0 aromatic heterocycles. The Morgan fingerprint density at radius 1 is 1.36 bits per heavy atom. The number of carbonyl (C=O) groups is 1. The molecule has 1 aliphatic rings. The summed E-state index contributed by atoms with van der Waals surface area (Å²) < 4.78 is 0. The zero-order chi connectivity index (χ0) is 8.43. The molecule has 0 saturated carbocycles. The molecule has 2 atom stereocenters. The van der Waals surface area contributed by atoms with E-state index < -0.39 is 0 Å². The minimum absolute atomic E-state index is 0.301. The second-order valence-electron chi connectivity index (χ2n) is 3.29. The molecule has 0 aliphatic carbocycles. The van der Waals surface area contributed by atoms with Crippen molar-refractivity contribution in [1.82, 2.24) is 4.90 Å². The highest BCUT2D eigenvalue weighted by Crippen LogP contribution is 2.23. The van der Waals surface area contributed by atoms with Gasteiger partial charge in [0.1, 0.15) is 0 Å². The summed E-state index contributed by atoms with van der Waals surface area (Å²) in [5.74, 6) is 0. The van der Waals surface area contributed by atoms with Crippen LogP contribution in [0, 0.1) is 0 Å². The van der Waals surface area contributed by atoms with E-state index in [1.165, 1.54) is 6.42 Å². The molecular formula is C8H14ClNO. The summed E-state index contributed by atoms with van der Waals surface area (Å²) in [4.78, 5) is 12.7. The van der Waals surface area contributed by atoms with Crippen LogP contribution in [0.15, 0.2) is 0 Å². The average Bonchev–Trinajstić information content (AvgIpc) is 1.85. The van der Waals surface area contributed by atoms with Crippen molar-refractivity contribution in [2.75, 3.05) is 0 Å². The molecule has 64 valence electrons. The molecule has 0 radical (unpaired) electrons. The van der Waals surface area contributed by atoms with Gasteiger partial charge in [0.15, 0.2) is 0 Å². The van der Waals surface area contributed by atoms with Crippen molar-refractivity contribution in [1.29, 1.82) is 0 Å². The van der Waals surface area contributed by atoms with Crippen LogP contribution < -0.4 is 0 Å². The van der Waals surface area contributed by atoms with Gasteiger partial charge in [-0.1, -0.05) is 0 Å². The predicted molar refractivity (Wildman–Crippen MR) is 45.9 cm³/mol. The van der Waals surface area contributed by atoms with Crippen molar-refractivity contribution in [2.45, 2.75) is 45.2 Å². The molecule has 1 rings (SSSR count). The summed E-state index contributed by atoms with van der Waals surface area (Å²) in [5, 5.41) is -0.301. The van der Waals surface area contributed by atoms with Gasteiger partial charge in [-0.3, -0.25) is 4.79 Å². The van der Waals surface area contributed by atoms with E-state index in [2.05, 4.69) is 13.8 Å². The van der Waals surface area contributed by atoms with Gasteiger partial charge in [-0.2, -0.15) is 0 Å². The molecule has 0 aromatic carbocycles. The molecule has 1 heterocycles. The quantitative estimate of drug-likeness (QED) is 0.410. The largest absolute Gasteiger partial charge is 0.324 e. The third-order valence-corrected chi connectivity index (χ3v) is 2.59. The Balaban J connectivity index is 2.62. The SMILES string of the molecule is CC1CCCC(C)N1C(=O)Cl. The molecule has 1 amide bonds. The van der Waals surface area contributed by atoms with Crippen molar-refractivity contribution in [3.05, 3.63) is 0 Å². The van der Waals surface area contributed by atoms with Crippen LogP contribution >= 0.6 is 11.6 Å². The first-order valence-electron chi connectivity index (χ1n) is 4.10. The summed E-state index contributed by atoms with van der Waals surface area (Å²) in [6, 6.07) is 0.646. The van der Waals surface area contributed by atoms with Crippen LogP contribution in [0.5, 0.6) is 0 Å². The zero-order valence-corrected chi connectivity index (χ0v) is 7.77. The van der Waals surface area contributed by atoms with Gasteiger partial charge in [-0.05, 0) is 44.7 Å². The Hall–Kier alpha value is -0.240. The van der Waals surface area contributed by atoms with Gasteiger partial charge in [0.2, 0.25) is 0 Å². The Morgan fingerprint density at radius 2 is 1.82 bits per heavy atom. The zero-order valence-electron chi connectivity index (χ0n) is 7.01. The van der Waals surface area contributed by atoms with Crippen LogP contribution in [0.2, 0.25) is 0 Å². The third-order valence-electron chi connectivity index (χ3n) is 2.40. The number of hydrogen-bond donors (Lipinski definition) is 0. The lowest BCUT2D eigenvalue weighted by Crippen LogP contribution is -2.45. The Bertz CT molecular complexity index is 150. The van der Waals surface area contributed by atoms with E-state index in [9.17, 15) is 4.79 Å². The highest BCUT2D eigenvalue weighted by Gasteiger charge is 2.27. The summed E-state index contributed by atoms with van der Waals surface area (Å²) in [5.41, 5.74) is 0. The maximum absolute atomic E-state index is 10.9. The molecule has 1 saturated heterocycles. The van der Waals surface area contributed by atoms with Gasteiger partial charge in [0.05, 0.1) is 0 Å². The first kappa shape index (κ1) is 8.85. The topological polar surface area (TPSA) is 20.3 Å². The second kappa shape index (κ2) is 3.44. The van der Waals surface area contributed by atoms with Gasteiger partial charge in [0, 0.05) is 12.1 Å². The van der Waals surface area contributed by atoms with Gasteiger partial charge >= 0.3 is 5.37 Å². The molecular weight excluding hydrogens is 162 g/mol. The lowest BCUT2D eigenvalue weighted by Gasteiger charge is -2.37. The number of hydrogen-bond acceptors (Lipinski definition) is 1. The number of nitrogens with zero attached hydrogens (tertiary/aromatic N) is 1. The van der Waals surface area contributed by atoms with Crippen LogP contribution in [0.4, 0.5) is 4.79 Å². The van der Waals surface area contributed by atoms with E-state index in [1.807, 2.05) is 0 Å². The maximum Gasteiger partial charge on any atom is 0.316 e. The molecule has 11 heavy (non-hydrogen) atoms. The molecule has 1 fully saturated rings. The first-order valence-corrected chi connectivity index (χ1v) is 4.48. The highest BCUT2D eigenvalue weighted by atomic mass is 35.5. The molecule has 2 unspecified atom stereocenters. The number of piperidine rings is 1. The van der Waals surface area contributed by atoms with Crippen molar-refractivity contribution in [2.24, 2.45) is 0 Å². The predicted octanol–water partition coefficient (Wildman–Crippen LogP) is 2.61. The molecule has 1 aliphatic heterocycles. The van der Waals surface area contributed by atoms with Crippen LogP contribution in [-0.4, -0.2) is 22.3 Å². The Labute approximate surface area is 72.5 Å². The van der Waals surface area contributed by atoms with E-state index in [-0.39, 0.29) is 5.37 Å². The van der Waals surface area contributed by atoms with Gasteiger partial charge in [-0.25, -0.2) is 0 Å². The monoisotopic (exact) mass is 175 g/mol. The normalized spacial score (nSPS) is 32.1. The number of carbonyl (C=O) groups excluding carboxylic acids is 1. The molecule has 3 heteroatoms. The Morgan fingerprint density at radius 3 is 2.09 bits per heavy atom. The summed E-state index contributed by atoms with van der Waals surface area (Å²) in [7, 11) is 0. The van der Waals surface area contributed by atoms with Gasteiger partial charge in [-0.15, -0.1) is 0 Å². The smallest absolute Gasteiger partial charge is 0.316 e. The highest BCUT2D eigenvalue weighted by molar-refractivity contribution is 6.62. The maximum atomic E-state index is 10.9. The number of likely N-dealkylation sites (tertiary alicyclic amines) is 1. The lowest BCUT2D eigenvalue weighted by atomic mass is 9.99. The van der Waals surface area contributed by atoms with Crippen LogP contribution in [0.25, 0.3) is 0 Å². The fourth-order valence-electron chi connectivity index (χ4n) is 1.77. The van der Waals surface area contributed by atoms with E-state index in [0.717, 1.165) is 12.8 Å². The van der Waals surface area contributed by atoms with Gasteiger partial charge in [0.25, 0.3) is 0 Å². The standard InChI is InChI=1S/C8H14ClNO/c1-6-4-3-5-7(2)10(6)8(9)11/h6-7H,3-5H2,1-2H3. The number of rotatable bonds is 0. The molecule has 0 aromatic rings. The first-order chi connectivity index (χ1) is 5.13. The third kappa shape index (κ3) is 1.86. The molecule has 0 N–H and O–H groups in total. The molecule has 2 nitrogen and oxygen atoms in total. The number of amides is 1. The average molecular weight is 176 g/mol. The molecule has 0 bridgehead atoms. The van der Waals surface area contributed by atoms with Crippen molar-refractivity contribution in [3.63, 3.8) is 0 Å². The van der Waals surface area contributed by atoms with Crippen molar-refractivity contribution in [3.8, 4) is 0 Å². The minimum Gasteiger partial charge on any atom is -0.324 e. The summed E-state index contributed by atoms with van der Waals surface area (Å²) >= 11 is 5.43. The summed E-state index contributed by atoms with van der Waals surface area (Å²) in [6.07, 6.45) is 3.38. The van der Waals surface area contributed by atoms with Crippen molar-refractivity contribution < 1.29 is 4.79 Å². The van der Waals surface area contributed by atoms with Crippen molar-refractivity contribution >= 4 is 17.0 Å². The van der Waals surface area contributed by atoms with E-state index >= 15 is 0 Å². The van der Waals surface area contributed by atoms with Crippen LogP contribution in [0.3, 0.4) is 0 Å². The van der Waals surface area contributed by atoms with E-state index in [0.29, 0.717) is 12.1 Å². The molecule has 0 spiro atoms. The number of halogens is 1. The summed E-state index contributed by atoms with van der Waals surface area (Å²) in [6.45, 7) is 4.10. The van der Waals surface area contributed by atoms with Crippen LogP contribution in [0.1, 0.15) is 33.1 Å². The van der Waals surface area contributed by atoms with Crippen LogP contribution in [-0.2, 0) is 0 Å². The van der Waals surface area contributed by atoms with E-state index in [1.54, 1.807) is 4.90 Å². The van der Waals surface area contributed by atoms with Gasteiger partial charge < -0.3 is 4.90 Å². The second-order valence-corrected chi connectivity index (χ2v) is 3.61. The lowest BCUT2D eigenvalue weighted by molar-refractivity contribution is 0.141.